The van der Waals surface area contributed by atoms with Crippen LogP contribution < -0.4 is 11.5 Å². The molecule has 110 valence electrons. The zero-order valence-electron chi connectivity index (χ0n) is 11.2. The van der Waals surface area contributed by atoms with Gasteiger partial charge in [0.2, 0.25) is 5.91 Å². The molecule has 0 unspecified atom stereocenters. The number of aromatic nitrogens is 4. The number of nitrogens with two attached hydrogens (primary N) is 2. The van der Waals surface area contributed by atoms with Gasteiger partial charge in [-0.2, -0.15) is 5.10 Å². The summed E-state index contributed by atoms with van der Waals surface area (Å²) in [5.41, 5.74) is 11.9. The molecule has 3 rings (SSSR count). The predicted molar refractivity (Wildman–Crippen MR) is 77.9 cm³/mol. The van der Waals surface area contributed by atoms with Crippen LogP contribution >= 0.6 is 0 Å². The molecule has 22 heavy (non-hydrogen) atoms. The van der Waals surface area contributed by atoms with Gasteiger partial charge in [0, 0.05) is 11.1 Å². The number of carbonyl (C=O) groups is 1. The summed E-state index contributed by atoms with van der Waals surface area (Å²) in [7, 11) is 0. The van der Waals surface area contributed by atoms with E-state index in [0.717, 1.165) is 10.4 Å². The fourth-order valence-electron chi connectivity index (χ4n) is 1.76. The van der Waals surface area contributed by atoms with Gasteiger partial charge in [0.25, 0.3) is 5.95 Å². The smallest absolute Gasteiger partial charge is 0.263 e. The van der Waals surface area contributed by atoms with Crippen LogP contribution in [0.3, 0.4) is 0 Å². The minimum Gasteiger partial charge on any atom is -0.455 e. The third-order valence-corrected chi connectivity index (χ3v) is 2.85. The number of primary amides is 1. The summed E-state index contributed by atoms with van der Waals surface area (Å²) in [6.07, 6.45) is 1.44. The predicted octanol–water partition coefficient (Wildman–Crippen LogP) is 0.496. The van der Waals surface area contributed by atoms with E-state index in [0.29, 0.717) is 17.1 Å². The topological polar surface area (TPSA) is 138 Å². The van der Waals surface area contributed by atoms with Gasteiger partial charge >= 0.3 is 0 Å². The molecular formula is C13H11N7O2. The Balaban J connectivity index is 1.80. The molecule has 0 aliphatic carbocycles. The van der Waals surface area contributed by atoms with Crippen molar-refractivity contribution in [1.29, 1.82) is 0 Å². The van der Waals surface area contributed by atoms with E-state index in [-0.39, 0.29) is 5.95 Å². The van der Waals surface area contributed by atoms with Crippen LogP contribution in [0.4, 0.5) is 5.95 Å². The monoisotopic (exact) mass is 297 g/mol. The molecule has 0 aliphatic heterocycles. The maximum absolute atomic E-state index is 11.0. The Kier molecular flexibility index (Phi) is 3.36. The van der Waals surface area contributed by atoms with Crippen LogP contribution in [0.1, 0.15) is 16.1 Å². The van der Waals surface area contributed by atoms with Crippen molar-refractivity contribution in [2.45, 2.75) is 0 Å². The molecule has 0 spiro atoms. The molecule has 0 atom stereocenters. The molecule has 1 amide bonds. The number of carbonyl (C=O) groups excluding carboxylic acids is 1. The van der Waals surface area contributed by atoms with E-state index >= 15 is 0 Å². The average molecular weight is 297 g/mol. The van der Waals surface area contributed by atoms with Crippen molar-refractivity contribution in [1.82, 2.24) is 20.3 Å². The van der Waals surface area contributed by atoms with E-state index in [1.807, 2.05) is 0 Å². The highest BCUT2D eigenvalue weighted by Crippen LogP contribution is 2.22. The molecule has 2 aromatic heterocycles. The molecule has 9 nitrogen and oxygen atoms in total. The molecule has 2 heterocycles. The third kappa shape index (κ3) is 2.68. The van der Waals surface area contributed by atoms with E-state index in [4.69, 9.17) is 15.9 Å². The lowest BCUT2D eigenvalue weighted by Crippen LogP contribution is -2.10. The number of furan rings is 1. The van der Waals surface area contributed by atoms with Crippen LogP contribution in [0.25, 0.3) is 11.3 Å². The molecule has 0 radical (unpaired) electrons. The molecule has 0 saturated heterocycles. The van der Waals surface area contributed by atoms with Gasteiger partial charge in [-0.05, 0) is 34.7 Å². The molecular weight excluding hydrogens is 286 g/mol. The average Bonchev–Trinajstić information content (AvgIpc) is 3.14. The summed E-state index contributed by atoms with van der Waals surface area (Å²) in [5.74, 6) is 0.731. The second-order valence-corrected chi connectivity index (χ2v) is 4.31. The minimum atomic E-state index is -0.474. The molecule has 0 bridgehead atoms. The number of hydrogen-bond donors (Lipinski definition) is 2. The highest BCUT2D eigenvalue weighted by atomic mass is 16.3. The Morgan fingerprint density at radius 1 is 1.23 bits per heavy atom. The number of benzene rings is 1. The maximum atomic E-state index is 11.0. The first-order valence-corrected chi connectivity index (χ1v) is 6.22. The van der Waals surface area contributed by atoms with Gasteiger partial charge in [0.1, 0.15) is 11.5 Å². The van der Waals surface area contributed by atoms with E-state index in [9.17, 15) is 4.79 Å². The Labute approximate surface area is 124 Å². The van der Waals surface area contributed by atoms with Crippen molar-refractivity contribution in [3.63, 3.8) is 0 Å². The number of nitrogen functional groups attached to an aromatic ring is 1. The molecule has 4 N–H and O–H groups in total. The lowest BCUT2D eigenvalue weighted by molar-refractivity contribution is 0.100. The summed E-state index contributed by atoms with van der Waals surface area (Å²) in [6.45, 7) is 0. The molecule has 0 saturated carbocycles. The first kappa shape index (κ1) is 13.5. The zero-order valence-corrected chi connectivity index (χ0v) is 11.2. The number of anilines is 1. The van der Waals surface area contributed by atoms with Gasteiger partial charge in [-0.1, -0.05) is 22.0 Å². The molecule has 0 aliphatic rings. The number of nitrogens with zero attached hydrogens (tertiary/aromatic N) is 5. The first-order chi connectivity index (χ1) is 10.6. The second kappa shape index (κ2) is 5.48. The normalized spacial score (nSPS) is 11.1. The van der Waals surface area contributed by atoms with Crippen LogP contribution in [0, 0.1) is 0 Å². The van der Waals surface area contributed by atoms with Crippen LogP contribution in [-0.4, -0.2) is 32.4 Å². The lowest BCUT2D eigenvalue weighted by Gasteiger charge is -1.98. The highest BCUT2D eigenvalue weighted by Gasteiger charge is 2.06. The maximum Gasteiger partial charge on any atom is 0.263 e. The molecule has 9 heteroatoms. The summed E-state index contributed by atoms with van der Waals surface area (Å²) in [6, 6.07) is 10.3. The molecule has 0 fully saturated rings. The fourth-order valence-corrected chi connectivity index (χ4v) is 1.76. The lowest BCUT2D eigenvalue weighted by atomic mass is 10.1. The molecule has 1 aromatic carbocycles. The SMILES string of the molecule is NC(=O)c1ccc(-c2ccc(/C=N/n3nnnc3N)o2)cc1. The van der Waals surface area contributed by atoms with Crippen LogP contribution in [-0.2, 0) is 0 Å². The van der Waals surface area contributed by atoms with E-state index in [1.54, 1.807) is 36.4 Å². The summed E-state index contributed by atoms with van der Waals surface area (Å²) < 4.78 is 5.62. The van der Waals surface area contributed by atoms with Crippen molar-refractivity contribution in [3.05, 3.63) is 47.7 Å². The fraction of sp³-hybridized carbons (Fsp3) is 0. The van der Waals surface area contributed by atoms with Crippen LogP contribution in [0.15, 0.2) is 45.9 Å². The van der Waals surface area contributed by atoms with Gasteiger partial charge in [-0.25, -0.2) is 0 Å². The third-order valence-electron chi connectivity index (χ3n) is 2.85. The quantitative estimate of drug-likeness (QED) is 0.672. The van der Waals surface area contributed by atoms with E-state index in [2.05, 4.69) is 20.6 Å². The van der Waals surface area contributed by atoms with Crippen LogP contribution in [0.2, 0.25) is 0 Å². The van der Waals surface area contributed by atoms with Crippen molar-refractivity contribution in [3.8, 4) is 11.3 Å². The number of tetrazole rings is 1. The molecule has 3 aromatic rings. The van der Waals surface area contributed by atoms with Crippen molar-refractivity contribution in [2.75, 3.05) is 5.73 Å². The first-order valence-electron chi connectivity index (χ1n) is 6.22. The zero-order chi connectivity index (χ0) is 15.5. The Bertz CT molecular complexity index is 832. The Hall–Kier alpha value is -3.49. The highest BCUT2D eigenvalue weighted by molar-refractivity contribution is 5.93. The Morgan fingerprint density at radius 3 is 2.64 bits per heavy atom. The Morgan fingerprint density at radius 2 is 2.00 bits per heavy atom. The van der Waals surface area contributed by atoms with Gasteiger partial charge in [0.15, 0.2) is 0 Å². The van der Waals surface area contributed by atoms with Gasteiger partial charge in [-0.3, -0.25) is 4.79 Å². The van der Waals surface area contributed by atoms with E-state index in [1.165, 1.54) is 6.21 Å². The number of rotatable bonds is 4. The van der Waals surface area contributed by atoms with Gasteiger partial charge < -0.3 is 15.9 Å². The standard InChI is InChI=1S/C13H11N7O2/c14-12(21)9-3-1-8(2-4-9)11-6-5-10(22-11)7-16-20-13(15)17-18-19-20/h1-7H,(H2,14,21)(H2,15,17,19)/b16-7+. The van der Waals surface area contributed by atoms with Crippen molar-refractivity contribution >= 4 is 18.1 Å². The second-order valence-electron chi connectivity index (χ2n) is 4.31. The van der Waals surface area contributed by atoms with Gasteiger partial charge in [0.05, 0.1) is 6.21 Å². The van der Waals surface area contributed by atoms with Crippen LogP contribution in [0.5, 0.6) is 0 Å². The number of hydrogen-bond acceptors (Lipinski definition) is 7. The van der Waals surface area contributed by atoms with Crippen molar-refractivity contribution < 1.29 is 9.21 Å². The largest absolute Gasteiger partial charge is 0.455 e. The minimum absolute atomic E-state index is 0.0741. The van der Waals surface area contributed by atoms with Gasteiger partial charge in [-0.15, -0.1) is 0 Å². The van der Waals surface area contributed by atoms with E-state index < -0.39 is 5.91 Å². The van der Waals surface area contributed by atoms with Crippen molar-refractivity contribution in [2.24, 2.45) is 10.8 Å². The summed E-state index contributed by atoms with van der Waals surface area (Å²) >= 11 is 0. The number of amides is 1. The summed E-state index contributed by atoms with van der Waals surface area (Å²) in [5, 5.41) is 14.4. The summed E-state index contributed by atoms with van der Waals surface area (Å²) in [4.78, 5) is 12.1.